The van der Waals surface area contributed by atoms with Gasteiger partial charge in [-0.25, -0.2) is 0 Å². The van der Waals surface area contributed by atoms with Crippen LogP contribution in [0.2, 0.25) is 0 Å². The number of carbonyl (C=O) groups excluding carboxylic acids is 4. The van der Waals surface area contributed by atoms with Crippen LogP contribution in [0.25, 0.3) is 22.5 Å². The summed E-state index contributed by atoms with van der Waals surface area (Å²) in [5, 5.41) is 15.5. The number of esters is 2. The molecule has 0 saturated heterocycles. The van der Waals surface area contributed by atoms with Crippen LogP contribution in [0.15, 0.2) is 42.5 Å². The third-order valence-electron chi connectivity index (χ3n) is 11.1. The van der Waals surface area contributed by atoms with Crippen LogP contribution in [-0.2, 0) is 32.2 Å². The molecule has 0 radical (unpaired) electrons. The number of carbonyl (C=O) groups is 4. The van der Waals surface area contributed by atoms with Gasteiger partial charge in [-0.05, 0) is 79.8 Å². The summed E-state index contributed by atoms with van der Waals surface area (Å²) < 4.78 is 37.6. The molecule has 0 aliphatic carbocycles. The van der Waals surface area contributed by atoms with E-state index in [-0.39, 0.29) is 60.5 Å². The van der Waals surface area contributed by atoms with Crippen LogP contribution in [0, 0.1) is 23.7 Å². The molecule has 0 saturated carbocycles. The van der Waals surface area contributed by atoms with Gasteiger partial charge in [0.1, 0.15) is 29.6 Å². The molecule has 2 heterocycles. The van der Waals surface area contributed by atoms with Crippen LogP contribution in [-0.4, -0.2) is 90.9 Å². The molecular formula is C49H70N6O10. The van der Waals surface area contributed by atoms with E-state index in [0.29, 0.717) is 70.5 Å². The van der Waals surface area contributed by atoms with Gasteiger partial charge < -0.3 is 39.1 Å². The molecule has 4 rings (SSSR count). The maximum atomic E-state index is 14.0. The van der Waals surface area contributed by atoms with Gasteiger partial charge in [-0.2, -0.15) is 10.2 Å². The first-order valence-electron chi connectivity index (χ1n) is 22.3. The predicted molar refractivity (Wildman–Crippen MR) is 248 cm³/mol. The maximum absolute atomic E-state index is 14.0. The van der Waals surface area contributed by atoms with Crippen molar-refractivity contribution in [1.82, 2.24) is 30.2 Å². The highest BCUT2D eigenvalue weighted by molar-refractivity contribution is 5.95. The monoisotopic (exact) mass is 903 g/mol. The highest BCUT2D eigenvalue weighted by Crippen LogP contribution is 2.43. The third-order valence-corrected chi connectivity index (χ3v) is 11.1. The lowest BCUT2D eigenvalue weighted by molar-refractivity contribution is -0.145. The van der Waals surface area contributed by atoms with Crippen molar-refractivity contribution in [3.8, 4) is 45.5 Å². The molecule has 0 aliphatic heterocycles. The van der Waals surface area contributed by atoms with Crippen molar-refractivity contribution in [2.75, 3.05) is 35.5 Å². The second-order valence-electron chi connectivity index (χ2n) is 18.0. The Balaban J connectivity index is 1.62. The summed E-state index contributed by atoms with van der Waals surface area (Å²) in [6.45, 7) is 18.7. The normalized spacial score (nSPS) is 12.8. The lowest BCUT2D eigenvalue weighted by Crippen LogP contribution is -2.38. The second kappa shape index (κ2) is 23.7. The zero-order valence-electron chi connectivity index (χ0n) is 40.7. The molecule has 65 heavy (non-hydrogen) atoms. The summed E-state index contributed by atoms with van der Waals surface area (Å²) in [4.78, 5) is 53.6. The fraction of sp³-hybridized carbons (Fsp3) is 0.551. The number of rotatable bonds is 24. The van der Waals surface area contributed by atoms with Gasteiger partial charge in [-0.1, -0.05) is 61.5 Å². The largest absolute Gasteiger partial charge is 0.496 e. The number of benzene rings is 2. The van der Waals surface area contributed by atoms with Gasteiger partial charge in [-0.15, -0.1) is 0 Å². The molecule has 0 bridgehead atoms. The number of methoxy groups -OCH3 is 5. The minimum absolute atomic E-state index is 0.0255. The summed E-state index contributed by atoms with van der Waals surface area (Å²) in [5.74, 6) is 0.846. The van der Waals surface area contributed by atoms with Gasteiger partial charge in [0, 0.05) is 24.2 Å². The average molecular weight is 903 g/mol. The van der Waals surface area contributed by atoms with Crippen molar-refractivity contribution in [2.45, 2.75) is 119 Å². The standard InChI is InChI=1S/C49H70N6O10/c1-28(2)20-34(22-43(56)63-13)50-48(58)36-24-38(54(52-36)26-30(5)6)46-42(62-12)19-18-33(47(46)64-14)27-65-44(57)23-35(21-29(3)4)51-49(59)37-25-39(55(53-37)32(9)31(7)8)45-40(60-10)16-15-17-41(45)61-11/h15-19,24-25,28-32,34-35H,20-23,26-27H2,1-14H3,(H,50,58)(H,51,59)/t32?,34-,35-/m0/s1. The molecule has 16 nitrogen and oxygen atoms in total. The van der Waals surface area contributed by atoms with E-state index < -0.39 is 35.8 Å². The summed E-state index contributed by atoms with van der Waals surface area (Å²) >= 11 is 0. The van der Waals surface area contributed by atoms with Gasteiger partial charge >= 0.3 is 11.9 Å². The molecule has 16 heteroatoms. The molecule has 0 fully saturated rings. The highest BCUT2D eigenvalue weighted by Gasteiger charge is 2.29. The van der Waals surface area contributed by atoms with Crippen molar-refractivity contribution in [1.29, 1.82) is 0 Å². The quantitative estimate of drug-likeness (QED) is 0.0643. The zero-order valence-corrected chi connectivity index (χ0v) is 40.7. The number of nitrogens with zero attached hydrogens (tertiary/aromatic N) is 4. The zero-order chi connectivity index (χ0) is 48.1. The Morgan fingerprint density at radius 1 is 0.615 bits per heavy atom. The van der Waals surface area contributed by atoms with E-state index in [4.69, 9.17) is 38.6 Å². The average Bonchev–Trinajstić information content (AvgIpc) is 3.88. The lowest BCUT2D eigenvalue weighted by atomic mass is 10.0. The van der Waals surface area contributed by atoms with Crippen LogP contribution in [0.1, 0.15) is 121 Å². The highest BCUT2D eigenvalue weighted by atomic mass is 16.5. The Hall–Kier alpha value is -6.06. The summed E-state index contributed by atoms with van der Waals surface area (Å²) in [6, 6.07) is 11.3. The molecule has 4 aromatic rings. The van der Waals surface area contributed by atoms with Crippen LogP contribution < -0.4 is 29.6 Å². The van der Waals surface area contributed by atoms with Gasteiger partial charge in [0.25, 0.3) is 11.8 Å². The number of nitrogens with one attached hydrogen (secondary N) is 2. The molecule has 0 aliphatic rings. The predicted octanol–water partition coefficient (Wildman–Crippen LogP) is 8.31. The molecular weight excluding hydrogens is 833 g/mol. The van der Waals surface area contributed by atoms with E-state index in [1.165, 1.54) is 21.3 Å². The molecule has 356 valence electrons. The van der Waals surface area contributed by atoms with E-state index >= 15 is 0 Å². The first-order chi connectivity index (χ1) is 30.8. The SMILES string of the molecule is COC(=O)C[C@H](CC(C)C)NC(=O)c1cc(-c2c(OC)ccc(COC(=O)C[C@H](CC(C)C)NC(=O)c3cc(-c4c(OC)cccc4OC)n(C(C)C(C)C)n3)c2OC)n(CC(C)C)n1. The Morgan fingerprint density at radius 2 is 1.14 bits per heavy atom. The number of aromatic nitrogens is 4. The Bertz CT molecular complexity index is 2220. The van der Waals surface area contributed by atoms with Crippen molar-refractivity contribution in [3.05, 3.63) is 59.4 Å². The first kappa shape index (κ1) is 51.6. The van der Waals surface area contributed by atoms with E-state index in [9.17, 15) is 19.2 Å². The Morgan fingerprint density at radius 3 is 1.63 bits per heavy atom. The van der Waals surface area contributed by atoms with E-state index in [2.05, 4.69) is 24.5 Å². The Labute approximate surface area is 384 Å². The second-order valence-corrected chi connectivity index (χ2v) is 18.0. The van der Waals surface area contributed by atoms with Gasteiger partial charge in [-0.3, -0.25) is 28.5 Å². The van der Waals surface area contributed by atoms with Crippen molar-refractivity contribution in [3.63, 3.8) is 0 Å². The van der Waals surface area contributed by atoms with Crippen LogP contribution in [0.4, 0.5) is 0 Å². The lowest BCUT2D eigenvalue weighted by Gasteiger charge is -2.21. The molecule has 3 atom stereocenters. The fourth-order valence-electron chi connectivity index (χ4n) is 7.72. The minimum Gasteiger partial charge on any atom is -0.496 e. The third kappa shape index (κ3) is 13.5. The topological polar surface area (TPSA) is 183 Å². The summed E-state index contributed by atoms with van der Waals surface area (Å²) in [5.41, 5.74) is 3.29. The van der Waals surface area contributed by atoms with E-state index in [0.717, 1.165) is 0 Å². The van der Waals surface area contributed by atoms with Crippen LogP contribution in [0.5, 0.6) is 23.0 Å². The van der Waals surface area contributed by atoms with Crippen molar-refractivity contribution in [2.24, 2.45) is 23.7 Å². The van der Waals surface area contributed by atoms with Crippen molar-refractivity contribution < 1.29 is 47.6 Å². The Kier molecular flexibility index (Phi) is 18.8. The van der Waals surface area contributed by atoms with Gasteiger partial charge in [0.2, 0.25) is 0 Å². The first-order valence-corrected chi connectivity index (χ1v) is 22.3. The van der Waals surface area contributed by atoms with Gasteiger partial charge in [0.15, 0.2) is 11.4 Å². The smallest absolute Gasteiger partial charge is 0.308 e. The molecule has 2 aromatic carbocycles. The van der Waals surface area contributed by atoms with E-state index in [1.54, 1.807) is 43.2 Å². The molecule has 2 aromatic heterocycles. The molecule has 2 amide bonds. The van der Waals surface area contributed by atoms with Gasteiger partial charge in [0.05, 0.1) is 76.9 Å². The fourth-order valence-corrected chi connectivity index (χ4v) is 7.72. The summed E-state index contributed by atoms with van der Waals surface area (Å²) in [7, 11) is 7.53. The minimum atomic E-state index is -0.567. The molecule has 0 spiro atoms. The molecule has 1 unspecified atom stereocenters. The number of ether oxygens (including phenoxy) is 6. The van der Waals surface area contributed by atoms with Crippen LogP contribution in [0.3, 0.4) is 0 Å². The summed E-state index contributed by atoms with van der Waals surface area (Å²) in [6.07, 6.45) is 0.999. The van der Waals surface area contributed by atoms with E-state index in [1.807, 2.05) is 71.3 Å². The van der Waals surface area contributed by atoms with Crippen LogP contribution >= 0.6 is 0 Å². The maximum Gasteiger partial charge on any atom is 0.308 e. The number of hydrogen-bond donors (Lipinski definition) is 2. The van der Waals surface area contributed by atoms with Crippen molar-refractivity contribution >= 4 is 23.8 Å². The number of hydrogen-bond acceptors (Lipinski definition) is 12. The molecule has 2 N–H and O–H groups in total. The number of amides is 2.